The van der Waals surface area contributed by atoms with E-state index in [1.807, 2.05) is 0 Å². The van der Waals surface area contributed by atoms with Crippen LogP contribution in [0.4, 0.5) is 18.0 Å². The summed E-state index contributed by atoms with van der Waals surface area (Å²) in [6, 6.07) is -0.833. The first kappa shape index (κ1) is 26.3. The zero-order chi connectivity index (χ0) is 15.6. The van der Waals surface area contributed by atoms with Gasteiger partial charge in [-0.15, -0.1) is 0 Å². The molecule has 3 amide bonds. The Kier molecular flexibility index (Phi) is 16.4. The van der Waals surface area contributed by atoms with Crippen LogP contribution in [-0.4, -0.2) is 62.0 Å². The van der Waals surface area contributed by atoms with E-state index >= 15 is 0 Å². The molecule has 0 aromatic heterocycles. The van der Waals surface area contributed by atoms with E-state index in [1.165, 1.54) is 0 Å². The normalized spacial score (nSPS) is 9.84. The Hall–Kier alpha value is -1.26. The van der Waals surface area contributed by atoms with Crippen molar-refractivity contribution in [3.8, 4) is 0 Å². The molecule has 0 atom stereocenters. The molecule has 0 saturated carbocycles. The van der Waals surface area contributed by atoms with Crippen molar-refractivity contribution in [1.82, 2.24) is 0 Å². The summed E-state index contributed by atoms with van der Waals surface area (Å²) in [6.45, 7) is 1.11. The first-order chi connectivity index (χ1) is 7.74. The lowest BCUT2D eigenvalue weighted by molar-refractivity contribution is -0.870. The highest BCUT2D eigenvalue weighted by Crippen LogP contribution is 2.11. The van der Waals surface area contributed by atoms with Gasteiger partial charge in [-0.05, 0) is 0 Å². The molecule has 19 heavy (non-hydrogen) atoms. The van der Waals surface area contributed by atoms with Gasteiger partial charge in [0.25, 0.3) is 0 Å². The van der Waals surface area contributed by atoms with Gasteiger partial charge in [-0.1, -0.05) is 0 Å². The number of hydrogen-bond acceptors (Lipinski definition) is 3. The summed E-state index contributed by atoms with van der Waals surface area (Å²) in [4.78, 5) is 18.1. The van der Waals surface area contributed by atoms with E-state index < -0.39 is 18.1 Å². The van der Waals surface area contributed by atoms with Gasteiger partial charge >= 0.3 is 18.1 Å². The summed E-state index contributed by atoms with van der Waals surface area (Å²) in [5.74, 6) is -2.26. The zero-order valence-electron chi connectivity index (χ0n) is 10.9. The molecule has 0 aromatic rings. The van der Waals surface area contributed by atoms with Gasteiger partial charge in [0.1, 0.15) is 6.54 Å². The van der Waals surface area contributed by atoms with E-state index in [1.54, 1.807) is 0 Å². The molecule has 0 fully saturated rings. The van der Waals surface area contributed by atoms with Crippen molar-refractivity contribution in [2.24, 2.45) is 17.2 Å². The molecule has 0 heterocycles. The number of aliphatic hydroxyl groups is 1. The summed E-state index contributed by atoms with van der Waals surface area (Å²) in [5.41, 5.74) is 12.3. The highest BCUT2D eigenvalue weighted by Gasteiger charge is 2.35. The SMILES string of the molecule is C[N+](C)(C)CCO.NC(=O)C(F)(F)F.NC(N)=O.[Cl-]. The summed E-state index contributed by atoms with van der Waals surface area (Å²) in [6.07, 6.45) is -4.86. The first-order valence-electron chi connectivity index (χ1n) is 4.57. The summed E-state index contributed by atoms with van der Waals surface area (Å²) in [5, 5.41) is 8.39. The van der Waals surface area contributed by atoms with E-state index in [-0.39, 0.29) is 19.0 Å². The number of nitrogens with two attached hydrogens (primary N) is 3. The number of quaternary nitrogens is 1. The van der Waals surface area contributed by atoms with Crippen molar-refractivity contribution in [2.75, 3.05) is 34.3 Å². The molecule has 118 valence electrons. The van der Waals surface area contributed by atoms with Crippen LogP contribution in [0, 0.1) is 0 Å². The summed E-state index contributed by atoms with van der Waals surface area (Å²) >= 11 is 0. The monoisotopic (exact) mass is 312 g/mol. The molecule has 7 nitrogen and oxygen atoms in total. The summed E-state index contributed by atoms with van der Waals surface area (Å²) < 4.78 is 33.0. The van der Waals surface area contributed by atoms with Crippen molar-refractivity contribution in [1.29, 1.82) is 0 Å². The Morgan fingerprint density at radius 1 is 1.11 bits per heavy atom. The summed E-state index contributed by atoms with van der Waals surface area (Å²) in [7, 11) is 6.16. The molecule has 0 aliphatic rings. The van der Waals surface area contributed by atoms with Crippen molar-refractivity contribution < 1.29 is 44.8 Å². The molecule has 0 rings (SSSR count). The minimum absolute atomic E-state index is 0. The van der Waals surface area contributed by atoms with E-state index in [0.717, 1.165) is 11.0 Å². The average molecular weight is 313 g/mol. The van der Waals surface area contributed by atoms with Crippen LogP contribution in [0.5, 0.6) is 0 Å². The molecule has 0 saturated heterocycles. The Bertz CT molecular complexity index is 253. The molecule has 7 N–H and O–H groups in total. The van der Waals surface area contributed by atoms with E-state index in [9.17, 15) is 13.2 Å². The number of amides is 3. The van der Waals surface area contributed by atoms with Crippen LogP contribution in [0.2, 0.25) is 0 Å². The number of primary amides is 3. The molecule has 0 aliphatic heterocycles. The second kappa shape index (κ2) is 11.8. The van der Waals surface area contributed by atoms with Crippen molar-refractivity contribution >= 4 is 11.9 Å². The van der Waals surface area contributed by atoms with Crippen LogP contribution in [0.3, 0.4) is 0 Å². The molecule has 0 bridgehead atoms. The fourth-order valence-electron chi connectivity index (χ4n) is 0.300. The van der Waals surface area contributed by atoms with Crippen molar-refractivity contribution in [3.63, 3.8) is 0 Å². The second-order valence-electron chi connectivity index (χ2n) is 4.00. The third kappa shape index (κ3) is 47.6. The lowest BCUT2D eigenvalue weighted by atomic mass is 10.5. The van der Waals surface area contributed by atoms with Crippen LogP contribution in [0.1, 0.15) is 0 Å². The molecule has 0 aromatic carbocycles. The number of rotatable bonds is 2. The Balaban J connectivity index is -0.0000000900. The Morgan fingerprint density at radius 2 is 1.32 bits per heavy atom. The van der Waals surface area contributed by atoms with Gasteiger partial charge in [-0.3, -0.25) is 4.79 Å². The quantitative estimate of drug-likeness (QED) is 0.385. The van der Waals surface area contributed by atoms with E-state index in [4.69, 9.17) is 14.7 Å². The number of aliphatic hydroxyl groups excluding tert-OH is 1. The third-order valence-electron chi connectivity index (χ3n) is 1.05. The van der Waals surface area contributed by atoms with Gasteiger partial charge in [0.15, 0.2) is 0 Å². The van der Waals surface area contributed by atoms with Crippen LogP contribution >= 0.6 is 0 Å². The lowest BCUT2D eigenvalue weighted by Gasteiger charge is -2.21. The number of alkyl halides is 3. The smallest absolute Gasteiger partial charge is 0.470 e. The number of hydrogen-bond donors (Lipinski definition) is 4. The van der Waals surface area contributed by atoms with Crippen LogP contribution in [0.15, 0.2) is 0 Å². The average Bonchev–Trinajstić information content (AvgIpc) is 1.98. The number of carbonyl (C=O) groups is 2. The zero-order valence-corrected chi connectivity index (χ0v) is 11.6. The van der Waals surface area contributed by atoms with Gasteiger partial charge in [0.2, 0.25) is 0 Å². The van der Waals surface area contributed by atoms with Crippen molar-refractivity contribution in [3.05, 3.63) is 0 Å². The minimum atomic E-state index is -4.86. The molecule has 0 radical (unpaired) electrons. The number of likely N-dealkylation sites (N-methyl/N-ethyl adjacent to an activating group) is 1. The number of nitrogens with zero attached hydrogens (tertiary/aromatic N) is 1. The third-order valence-corrected chi connectivity index (χ3v) is 1.05. The molecule has 11 heteroatoms. The van der Waals surface area contributed by atoms with Gasteiger partial charge in [0.05, 0.1) is 27.7 Å². The van der Waals surface area contributed by atoms with Gasteiger partial charge in [0, 0.05) is 0 Å². The maximum absolute atomic E-state index is 10.7. The fraction of sp³-hybridized carbons (Fsp3) is 0.750. The van der Waals surface area contributed by atoms with Crippen LogP contribution < -0.4 is 29.6 Å². The van der Waals surface area contributed by atoms with E-state index in [0.29, 0.717) is 0 Å². The van der Waals surface area contributed by atoms with Crippen molar-refractivity contribution in [2.45, 2.75) is 6.18 Å². The standard InChI is InChI=1S/C5H14NO.C2H2F3NO.CH4N2O.ClH/c1-6(2,3)4-5-7;3-2(4,5)1(6)7;2-1(3)4;/h7H,4-5H2,1-3H3;(H2,6,7);(H4,2,3,4);1H/q+1;;;/p-1. The second-order valence-corrected chi connectivity index (χ2v) is 4.00. The number of urea groups is 1. The van der Waals surface area contributed by atoms with Gasteiger partial charge < -0.3 is 39.2 Å². The first-order valence-corrected chi connectivity index (χ1v) is 4.57. The lowest BCUT2D eigenvalue weighted by Crippen LogP contribution is -3.00. The number of halogens is 4. The molecular formula is C8H20ClF3N4O3. The van der Waals surface area contributed by atoms with Crippen LogP contribution in [-0.2, 0) is 4.79 Å². The maximum Gasteiger partial charge on any atom is 0.470 e. The maximum atomic E-state index is 10.7. The number of carbonyl (C=O) groups excluding carboxylic acids is 2. The molecular weight excluding hydrogens is 293 g/mol. The predicted octanol–water partition coefficient (Wildman–Crippen LogP) is -4.25. The largest absolute Gasteiger partial charge is 1.00 e. The fourth-order valence-corrected chi connectivity index (χ4v) is 0.300. The topological polar surface area (TPSA) is 132 Å². The van der Waals surface area contributed by atoms with E-state index in [2.05, 4.69) is 38.3 Å². The highest BCUT2D eigenvalue weighted by atomic mass is 35.5. The van der Waals surface area contributed by atoms with Crippen LogP contribution in [0.25, 0.3) is 0 Å². The predicted molar refractivity (Wildman–Crippen MR) is 59.0 cm³/mol. The Morgan fingerprint density at radius 3 is 1.32 bits per heavy atom. The minimum Gasteiger partial charge on any atom is -1.00 e. The Labute approximate surface area is 115 Å². The molecule has 0 aliphatic carbocycles. The van der Waals surface area contributed by atoms with Gasteiger partial charge in [-0.2, -0.15) is 13.2 Å². The van der Waals surface area contributed by atoms with Gasteiger partial charge in [-0.25, -0.2) is 4.79 Å². The molecule has 0 unspecified atom stereocenters. The molecule has 0 spiro atoms. The highest BCUT2D eigenvalue weighted by molar-refractivity contribution is 5.79.